The van der Waals surface area contributed by atoms with Crippen LogP contribution in [-0.4, -0.2) is 34.4 Å². The van der Waals surface area contributed by atoms with Crippen molar-refractivity contribution in [3.63, 3.8) is 0 Å². The van der Waals surface area contributed by atoms with E-state index in [2.05, 4.69) is 11.1 Å². The van der Waals surface area contributed by atoms with Gasteiger partial charge in [-0.05, 0) is 49.6 Å². The Balaban J connectivity index is 1.41. The molecule has 1 aromatic heterocycles. The Hall–Kier alpha value is -2.45. The van der Waals surface area contributed by atoms with Gasteiger partial charge in [-0.1, -0.05) is 29.5 Å². The summed E-state index contributed by atoms with van der Waals surface area (Å²) in [6, 6.07) is 12.5. The summed E-state index contributed by atoms with van der Waals surface area (Å²) in [6.45, 7) is 3.31. The lowest BCUT2D eigenvalue weighted by molar-refractivity contribution is -0.116. The fourth-order valence-corrected chi connectivity index (χ4v) is 5.48. The van der Waals surface area contributed by atoms with Gasteiger partial charge in [-0.3, -0.25) is 9.59 Å². The highest BCUT2D eigenvalue weighted by Crippen LogP contribution is 2.27. The largest absolute Gasteiger partial charge is 0.317 e. The van der Waals surface area contributed by atoms with Crippen molar-refractivity contribution in [1.82, 2.24) is 4.57 Å². The zero-order valence-electron chi connectivity index (χ0n) is 16.6. The van der Waals surface area contributed by atoms with Gasteiger partial charge in [-0.2, -0.15) is 4.99 Å². The monoisotopic (exact) mass is 443 g/mol. The summed E-state index contributed by atoms with van der Waals surface area (Å²) >= 11 is 2.58. The van der Waals surface area contributed by atoms with Gasteiger partial charge in [0.2, 0.25) is 5.91 Å². The second-order valence-electron chi connectivity index (χ2n) is 7.02. The van der Waals surface area contributed by atoms with Gasteiger partial charge in [0.1, 0.15) is 5.82 Å². The van der Waals surface area contributed by atoms with Crippen LogP contribution in [0.3, 0.4) is 0 Å². The van der Waals surface area contributed by atoms with Crippen molar-refractivity contribution in [3.05, 3.63) is 58.6 Å². The number of nitrogens with zero attached hydrogens (tertiary/aromatic N) is 3. The molecule has 0 aliphatic carbocycles. The third-order valence-corrected chi connectivity index (χ3v) is 6.99. The second kappa shape index (κ2) is 9.14. The van der Waals surface area contributed by atoms with Crippen LogP contribution in [-0.2, 0) is 22.6 Å². The summed E-state index contributed by atoms with van der Waals surface area (Å²) in [6.07, 6.45) is 1.94. The molecule has 2 aromatic carbocycles. The molecule has 3 aromatic rings. The molecule has 0 saturated heterocycles. The Morgan fingerprint density at radius 2 is 2.03 bits per heavy atom. The van der Waals surface area contributed by atoms with Gasteiger partial charge >= 0.3 is 0 Å². The lowest BCUT2D eigenvalue weighted by Gasteiger charge is -2.29. The predicted octanol–water partition coefficient (Wildman–Crippen LogP) is 4.00. The number of aryl methyl sites for hydroxylation is 2. The molecule has 5 nitrogen and oxygen atoms in total. The molecule has 156 valence electrons. The Morgan fingerprint density at radius 1 is 1.20 bits per heavy atom. The van der Waals surface area contributed by atoms with Crippen LogP contribution in [0.15, 0.2) is 47.5 Å². The minimum absolute atomic E-state index is 0.0147. The summed E-state index contributed by atoms with van der Waals surface area (Å²) in [4.78, 5) is 31.7. The standard InChI is InChI=1S/C22H22FN3O2S2/c1-2-25-18-10-9-16(23)12-19(18)30-22(25)24-20(27)13-29-14-21(28)26-11-5-7-15-6-3-4-8-17(15)26/h3-4,6,8-10,12H,2,5,7,11,13-14H2,1H3. The number of aromatic nitrogens is 1. The van der Waals surface area contributed by atoms with E-state index in [1.54, 1.807) is 6.07 Å². The molecule has 0 atom stereocenters. The topological polar surface area (TPSA) is 54.7 Å². The Bertz CT molecular complexity index is 1170. The average Bonchev–Trinajstić information content (AvgIpc) is 3.08. The van der Waals surface area contributed by atoms with E-state index in [-0.39, 0.29) is 29.1 Å². The first-order valence-electron chi connectivity index (χ1n) is 9.89. The van der Waals surface area contributed by atoms with Gasteiger partial charge < -0.3 is 9.47 Å². The van der Waals surface area contributed by atoms with E-state index >= 15 is 0 Å². The van der Waals surface area contributed by atoms with E-state index < -0.39 is 0 Å². The molecule has 8 heteroatoms. The molecule has 2 amide bonds. The van der Waals surface area contributed by atoms with Gasteiger partial charge in [0.15, 0.2) is 4.80 Å². The molecule has 0 spiro atoms. The third-order valence-electron chi connectivity index (χ3n) is 5.04. The maximum Gasteiger partial charge on any atom is 0.258 e. The third kappa shape index (κ3) is 4.34. The lowest BCUT2D eigenvalue weighted by atomic mass is 10.0. The van der Waals surface area contributed by atoms with Crippen LogP contribution < -0.4 is 9.70 Å². The van der Waals surface area contributed by atoms with Gasteiger partial charge in [0.25, 0.3) is 5.91 Å². The van der Waals surface area contributed by atoms with Gasteiger partial charge in [-0.25, -0.2) is 4.39 Å². The molecule has 0 radical (unpaired) electrons. The molecular weight excluding hydrogens is 421 g/mol. The van der Waals surface area contributed by atoms with Gasteiger partial charge in [0, 0.05) is 18.8 Å². The maximum atomic E-state index is 13.5. The van der Waals surface area contributed by atoms with Crippen molar-refractivity contribution in [2.45, 2.75) is 26.3 Å². The first-order chi connectivity index (χ1) is 14.6. The highest BCUT2D eigenvalue weighted by atomic mass is 32.2. The van der Waals surface area contributed by atoms with E-state index in [0.717, 1.165) is 28.7 Å². The van der Waals surface area contributed by atoms with E-state index in [4.69, 9.17) is 0 Å². The SMILES string of the molecule is CCn1c(=NC(=O)CSCC(=O)N2CCCc3ccccc32)sc2cc(F)ccc21. The Labute approximate surface area is 182 Å². The van der Waals surface area contributed by atoms with Crippen molar-refractivity contribution >= 4 is 50.8 Å². The van der Waals surface area contributed by atoms with Crippen molar-refractivity contribution < 1.29 is 14.0 Å². The number of thiazole rings is 1. The molecule has 0 fully saturated rings. The fraction of sp³-hybridized carbons (Fsp3) is 0.318. The molecule has 0 bridgehead atoms. The second-order valence-corrected chi connectivity index (χ2v) is 9.01. The quantitative estimate of drug-likeness (QED) is 0.599. The highest BCUT2D eigenvalue weighted by molar-refractivity contribution is 8.00. The molecule has 1 aliphatic rings. The summed E-state index contributed by atoms with van der Waals surface area (Å²) in [7, 11) is 0. The van der Waals surface area contributed by atoms with E-state index in [1.807, 2.05) is 34.6 Å². The van der Waals surface area contributed by atoms with Crippen LogP contribution in [0.4, 0.5) is 10.1 Å². The first kappa shape index (κ1) is 20.8. The number of hydrogen-bond donors (Lipinski definition) is 0. The number of thioether (sulfide) groups is 1. The number of halogens is 1. The van der Waals surface area contributed by atoms with E-state index in [1.165, 1.54) is 40.8 Å². The van der Waals surface area contributed by atoms with Gasteiger partial charge in [0.05, 0.1) is 21.7 Å². The smallest absolute Gasteiger partial charge is 0.258 e. The molecule has 1 aliphatic heterocycles. The van der Waals surface area contributed by atoms with Gasteiger partial charge in [-0.15, -0.1) is 11.8 Å². The molecule has 0 unspecified atom stereocenters. The number of hydrogen-bond acceptors (Lipinski definition) is 4. The van der Waals surface area contributed by atoms with Crippen LogP contribution in [0.25, 0.3) is 10.2 Å². The minimum atomic E-state index is -0.307. The number of carbonyl (C=O) groups excluding carboxylic acids is 2. The van der Waals surface area contributed by atoms with E-state index in [9.17, 15) is 14.0 Å². The number of benzene rings is 2. The zero-order valence-corrected chi connectivity index (χ0v) is 18.3. The Morgan fingerprint density at radius 3 is 2.87 bits per heavy atom. The van der Waals surface area contributed by atoms with Crippen molar-refractivity contribution in [1.29, 1.82) is 0 Å². The number of rotatable bonds is 5. The lowest BCUT2D eigenvalue weighted by Crippen LogP contribution is -2.36. The fourth-order valence-electron chi connectivity index (χ4n) is 3.67. The molecule has 0 N–H and O–H groups in total. The summed E-state index contributed by atoms with van der Waals surface area (Å²) < 4.78 is 16.2. The van der Waals surface area contributed by atoms with Crippen LogP contribution in [0.1, 0.15) is 18.9 Å². The number of carbonyl (C=O) groups is 2. The van der Waals surface area contributed by atoms with Crippen molar-refractivity contribution in [3.8, 4) is 0 Å². The first-order valence-corrected chi connectivity index (χ1v) is 11.9. The van der Waals surface area contributed by atoms with Crippen LogP contribution >= 0.6 is 23.1 Å². The zero-order chi connectivity index (χ0) is 21.1. The maximum absolute atomic E-state index is 13.5. The van der Waals surface area contributed by atoms with Crippen LogP contribution in [0.5, 0.6) is 0 Å². The summed E-state index contributed by atoms with van der Waals surface area (Å²) in [5.74, 6) is -0.214. The molecule has 0 saturated carbocycles. The Kier molecular flexibility index (Phi) is 6.34. The number of amides is 2. The van der Waals surface area contributed by atoms with E-state index in [0.29, 0.717) is 17.9 Å². The van der Waals surface area contributed by atoms with Crippen LogP contribution in [0, 0.1) is 5.82 Å². The number of anilines is 1. The summed E-state index contributed by atoms with van der Waals surface area (Å²) in [5, 5.41) is 0. The number of para-hydroxylation sites is 1. The average molecular weight is 444 g/mol. The van der Waals surface area contributed by atoms with Crippen molar-refractivity contribution in [2.75, 3.05) is 23.0 Å². The predicted molar refractivity (Wildman–Crippen MR) is 120 cm³/mol. The highest BCUT2D eigenvalue weighted by Gasteiger charge is 2.22. The normalized spacial score (nSPS) is 14.2. The number of fused-ring (bicyclic) bond motifs is 2. The molecular formula is C22H22FN3O2S2. The molecule has 2 heterocycles. The van der Waals surface area contributed by atoms with Crippen molar-refractivity contribution in [2.24, 2.45) is 4.99 Å². The van der Waals surface area contributed by atoms with Crippen LogP contribution in [0.2, 0.25) is 0 Å². The minimum Gasteiger partial charge on any atom is -0.317 e. The molecule has 30 heavy (non-hydrogen) atoms. The summed E-state index contributed by atoms with van der Waals surface area (Å²) in [5.41, 5.74) is 3.03. The molecule has 4 rings (SSSR count).